The van der Waals surface area contributed by atoms with Gasteiger partial charge in [-0.15, -0.1) is 0 Å². The van der Waals surface area contributed by atoms with Gasteiger partial charge in [-0.2, -0.15) is 0 Å². The van der Waals surface area contributed by atoms with Crippen molar-refractivity contribution in [3.05, 3.63) is 87.9 Å². The molecule has 0 saturated heterocycles. The molecule has 3 aromatic rings. The van der Waals surface area contributed by atoms with Crippen LogP contribution in [0.1, 0.15) is 10.4 Å². The van der Waals surface area contributed by atoms with E-state index in [9.17, 15) is 9.59 Å². The van der Waals surface area contributed by atoms with Gasteiger partial charge in [0.25, 0.3) is 5.91 Å². The highest BCUT2D eigenvalue weighted by Crippen LogP contribution is 2.22. The molecule has 0 fully saturated rings. The third-order valence-corrected chi connectivity index (χ3v) is 4.80. The van der Waals surface area contributed by atoms with Gasteiger partial charge in [-0.1, -0.05) is 35.9 Å². The lowest BCUT2D eigenvalue weighted by Crippen LogP contribution is -2.23. The van der Waals surface area contributed by atoms with Crippen LogP contribution in [-0.2, 0) is 4.79 Å². The van der Waals surface area contributed by atoms with E-state index in [1.165, 1.54) is 0 Å². The Morgan fingerprint density at radius 3 is 2.18 bits per heavy atom. The maximum absolute atomic E-state index is 12.6. The Bertz CT molecular complexity index is 993. The smallest absolute Gasteiger partial charge is 0.257 e. The predicted molar refractivity (Wildman–Crippen MR) is 117 cm³/mol. The van der Waals surface area contributed by atoms with Crippen LogP contribution in [0.5, 0.6) is 0 Å². The van der Waals surface area contributed by atoms with Crippen molar-refractivity contribution in [3.8, 4) is 0 Å². The minimum atomic E-state index is -0.281. The van der Waals surface area contributed by atoms with Gasteiger partial charge in [-0.3, -0.25) is 9.59 Å². The fourth-order valence-electron chi connectivity index (χ4n) is 2.50. The first-order valence-corrected chi connectivity index (χ1v) is 9.64. The second-order valence-corrected chi connectivity index (χ2v) is 7.18. The molecule has 0 aliphatic carbocycles. The second kappa shape index (κ2) is 9.39. The Labute approximate surface area is 176 Å². The number of nitrogens with one attached hydrogen (secondary N) is 3. The average Bonchev–Trinajstić information content (AvgIpc) is 2.70. The first-order valence-electron chi connectivity index (χ1n) is 8.47. The lowest BCUT2D eigenvalue weighted by Gasteiger charge is -2.13. The van der Waals surface area contributed by atoms with Gasteiger partial charge in [0.2, 0.25) is 5.91 Å². The van der Waals surface area contributed by atoms with Crippen molar-refractivity contribution in [2.24, 2.45) is 0 Å². The van der Waals surface area contributed by atoms with E-state index >= 15 is 0 Å². The number of anilines is 3. The fraction of sp³-hybridized carbons (Fsp3) is 0.0476. The maximum atomic E-state index is 12.6. The van der Waals surface area contributed by atoms with Crippen molar-refractivity contribution < 1.29 is 9.59 Å². The topological polar surface area (TPSA) is 70.2 Å². The van der Waals surface area contributed by atoms with Crippen LogP contribution in [0.2, 0.25) is 5.02 Å². The number of para-hydroxylation sites is 2. The molecule has 3 rings (SSSR count). The summed E-state index contributed by atoms with van der Waals surface area (Å²) in [5, 5.41) is 9.24. The molecule has 2 amide bonds. The monoisotopic (exact) mass is 457 g/mol. The summed E-state index contributed by atoms with van der Waals surface area (Å²) in [6.45, 7) is 0.0204. The lowest BCUT2D eigenvalue weighted by atomic mass is 10.1. The molecular formula is C21H17BrClN3O2. The van der Waals surface area contributed by atoms with Crippen molar-refractivity contribution in [1.82, 2.24) is 0 Å². The standard InChI is InChI=1S/C21H17BrClN3O2/c22-17-6-2-4-8-19(17)26-20(27)13-24-18-7-3-1-5-16(18)21(28)25-15-11-9-14(23)10-12-15/h1-12,24H,13H2,(H,25,28)(H,26,27). The second-order valence-electron chi connectivity index (χ2n) is 5.89. The lowest BCUT2D eigenvalue weighted by molar-refractivity contribution is -0.114. The van der Waals surface area contributed by atoms with Crippen molar-refractivity contribution in [3.63, 3.8) is 0 Å². The summed E-state index contributed by atoms with van der Waals surface area (Å²) in [5.41, 5.74) is 2.32. The molecule has 0 spiro atoms. The highest BCUT2D eigenvalue weighted by atomic mass is 79.9. The van der Waals surface area contributed by atoms with E-state index in [1.807, 2.05) is 18.2 Å². The number of hydrogen-bond donors (Lipinski definition) is 3. The van der Waals surface area contributed by atoms with Crippen molar-refractivity contribution >= 4 is 56.4 Å². The number of carbonyl (C=O) groups is 2. The zero-order valence-electron chi connectivity index (χ0n) is 14.7. The largest absolute Gasteiger partial charge is 0.376 e. The summed E-state index contributed by atoms with van der Waals surface area (Å²) in [5.74, 6) is -0.503. The third kappa shape index (κ3) is 5.34. The summed E-state index contributed by atoms with van der Waals surface area (Å²) in [6, 6.07) is 21.2. The van der Waals surface area contributed by atoms with Crippen molar-refractivity contribution in [1.29, 1.82) is 0 Å². The summed E-state index contributed by atoms with van der Waals surface area (Å²) >= 11 is 9.26. The molecule has 0 radical (unpaired) electrons. The van der Waals surface area contributed by atoms with Gasteiger partial charge in [0.15, 0.2) is 0 Å². The fourth-order valence-corrected chi connectivity index (χ4v) is 3.01. The van der Waals surface area contributed by atoms with Gasteiger partial charge in [0.05, 0.1) is 17.8 Å². The number of amides is 2. The molecule has 5 nitrogen and oxygen atoms in total. The van der Waals surface area contributed by atoms with Crippen LogP contribution in [0, 0.1) is 0 Å². The molecule has 3 aromatic carbocycles. The normalized spacial score (nSPS) is 10.2. The first-order chi connectivity index (χ1) is 13.5. The van der Waals surface area contributed by atoms with E-state index in [4.69, 9.17) is 11.6 Å². The van der Waals surface area contributed by atoms with Gasteiger partial charge in [-0.25, -0.2) is 0 Å². The number of rotatable bonds is 6. The highest BCUT2D eigenvalue weighted by Gasteiger charge is 2.12. The number of carbonyl (C=O) groups excluding carboxylic acids is 2. The van der Waals surface area contributed by atoms with Crippen LogP contribution in [0.3, 0.4) is 0 Å². The quantitative estimate of drug-likeness (QED) is 0.463. The molecule has 0 bridgehead atoms. The number of benzene rings is 3. The first kappa shape index (κ1) is 19.9. The minimum absolute atomic E-state index is 0.0204. The van der Waals surface area contributed by atoms with Crippen LogP contribution >= 0.6 is 27.5 Å². The van der Waals surface area contributed by atoms with Crippen LogP contribution in [0.25, 0.3) is 0 Å². The molecule has 142 valence electrons. The Morgan fingerprint density at radius 1 is 0.821 bits per heavy atom. The minimum Gasteiger partial charge on any atom is -0.376 e. The Kier molecular flexibility index (Phi) is 6.68. The SMILES string of the molecule is O=C(CNc1ccccc1C(=O)Nc1ccc(Cl)cc1)Nc1ccccc1Br. The van der Waals surface area contributed by atoms with Gasteiger partial charge in [-0.05, 0) is 64.5 Å². The Morgan fingerprint density at radius 2 is 1.46 bits per heavy atom. The van der Waals surface area contributed by atoms with Crippen molar-refractivity contribution in [2.45, 2.75) is 0 Å². The van der Waals surface area contributed by atoms with Crippen LogP contribution in [0.15, 0.2) is 77.3 Å². The Balaban J connectivity index is 1.65. The van der Waals surface area contributed by atoms with Gasteiger partial charge < -0.3 is 16.0 Å². The van der Waals surface area contributed by atoms with Gasteiger partial charge >= 0.3 is 0 Å². The van der Waals surface area contributed by atoms with Gasteiger partial charge in [0, 0.05) is 20.9 Å². The maximum Gasteiger partial charge on any atom is 0.257 e. The van der Waals surface area contributed by atoms with Crippen molar-refractivity contribution in [2.75, 3.05) is 22.5 Å². The summed E-state index contributed by atoms with van der Waals surface area (Å²) in [7, 11) is 0. The van der Waals surface area contributed by atoms with E-state index in [2.05, 4.69) is 31.9 Å². The molecule has 28 heavy (non-hydrogen) atoms. The molecule has 0 aromatic heterocycles. The molecule has 0 atom stereocenters. The molecule has 0 unspecified atom stereocenters. The molecule has 7 heteroatoms. The van der Waals surface area contributed by atoms with Crippen LogP contribution in [-0.4, -0.2) is 18.4 Å². The van der Waals surface area contributed by atoms with Crippen LogP contribution in [0.4, 0.5) is 17.1 Å². The summed E-state index contributed by atoms with van der Waals surface area (Å²) < 4.78 is 0.797. The molecule has 0 heterocycles. The third-order valence-electron chi connectivity index (χ3n) is 3.86. The molecule has 0 aliphatic heterocycles. The van der Waals surface area contributed by atoms with E-state index in [0.29, 0.717) is 27.6 Å². The molecule has 3 N–H and O–H groups in total. The van der Waals surface area contributed by atoms with Gasteiger partial charge in [0.1, 0.15) is 0 Å². The van der Waals surface area contributed by atoms with E-state index in [0.717, 1.165) is 4.47 Å². The number of hydrogen-bond acceptors (Lipinski definition) is 3. The zero-order valence-corrected chi connectivity index (χ0v) is 17.0. The molecular weight excluding hydrogens is 442 g/mol. The predicted octanol–water partition coefficient (Wildman–Crippen LogP) is 5.41. The molecule has 0 aliphatic rings. The van der Waals surface area contributed by atoms with Crippen LogP contribution < -0.4 is 16.0 Å². The molecule has 0 saturated carbocycles. The van der Waals surface area contributed by atoms with E-state index in [-0.39, 0.29) is 18.4 Å². The summed E-state index contributed by atoms with van der Waals surface area (Å²) in [6.07, 6.45) is 0. The Hall–Kier alpha value is -2.83. The van der Waals surface area contributed by atoms with E-state index < -0.39 is 0 Å². The average molecular weight is 459 g/mol. The van der Waals surface area contributed by atoms with E-state index in [1.54, 1.807) is 54.6 Å². The number of halogens is 2. The summed E-state index contributed by atoms with van der Waals surface area (Å²) in [4.78, 5) is 24.8. The zero-order chi connectivity index (χ0) is 19.9. The highest BCUT2D eigenvalue weighted by molar-refractivity contribution is 9.10.